The van der Waals surface area contributed by atoms with Gasteiger partial charge in [-0.1, -0.05) is 19.9 Å². The zero-order valence-corrected chi connectivity index (χ0v) is 8.08. The number of unbranched alkanes of at least 4 members (excludes halogenated alkanes) is 1. The molecule has 76 valence electrons. The number of carboxylic acid groups (broad SMARTS) is 1. The van der Waals surface area contributed by atoms with Crippen LogP contribution in [0.1, 0.15) is 26.7 Å². The number of rotatable bonds is 4. The van der Waals surface area contributed by atoms with E-state index in [-0.39, 0.29) is 5.97 Å². The highest BCUT2D eigenvalue weighted by Gasteiger charge is 1.88. The molecule has 0 aliphatic carbocycles. The molecule has 0 aliphatic heterocycles. The van der Waals surface area contributed by atoms with E-state index in [0.717, 1.165) is 18.9 Å². The molecule has 0 saturated carbocycles. The van der Waals surface area contributed by atoms with Gasteiger partial charge in [0.25, 0.3) is 0 Å². The van der Waals surface area contributed by atoms with Crippen molar-refractivity contribution in [3.05, 3.63) is 12.7 Å². The number of carboxylic acids is 1. The molecule has 0 amide bonds. The molecule has 4 heteroatoms. The lowest BCUT2D eigenvalue weighted by atomic mass is 10.4. The molecule has 0 bridgehead atoms. The minimum absolute atomic E-state index is 0.182. The number of carbonyl (C=O) groups is 2. The van der Waals surface area contributed by atoms with Crippen LogP contribution in [-0.2, 0) is 14.3 Å². The number of aliphatic carboxylic acids is 1. The van der Waals surface area contributed by atoms with Crippen LogP contribution in [0.2, 0.25) is 0 Å². The van der Waals surface area contributed by atoms with Crippen molar-refractivity contribution in [3.8, 4) is 0 Å². The molecule has 0 radical (unpaired) electrons. The maximum absolute atomic E-state index is 10.1. The minimum Gasteiger partial charge on any atom is -0.478 e. The van der Waals surface area contributed by atoms with E-state index in [1.54, 1.807) is 0 Å². The Morgan fingerprint density at radius 2 is 2.00 bits per heavy atom. The molecule has 0 rings (SSSR count). The zero-order chi connectivity index (χ0) is 10.7. The summed E-state index contributed by atoms with van der Waals surface area (Å²) in [4.78, 5) is 19.3. The van der Waals surface area contributed by atoms with Gasteiger partial charge in [0.05, 0.1) is 6.61 Å². The molecule has 1 N–H and O–H groups in total. The molecule has 0 atom stereocenters. The molecular weight excluding hydrogens is 172 g/mol. The van der Waals surface area contributed by atoms with Crippen molar-refractivity contribution in [1.82, 2.24) is 0 Å². The second-order valence-electron chi connectivity index (χ2n) is 2.24. The van der Waals surface area contributed by atoms with Crippen molar-refractivity contribution in [2.24, 2.45) is 0 Å². The van der Waals surface area contributed by atoms with Gasteiger partial charge in [-0.05, 0) is 6.42 Å². The molecule has 0 aliphatic rings. The highest BCUT2D eigenvalue weighted by Crippen LogP contribution is 1.86. The maximum Gasteiger partial charge on any atom is 0.327 e. The Kier molecular flexibility index (Phi) is 11.7. The molecule has 0 aromatic carbocycles. The van der Waals surface area contributed by atoms with Crippen LogP contribution in [0, 0.1) is 0 Å². The van der Waals surface area contributed by atoms with Crippen LogP contribution in [0.3, 0.4) is 0 Å². The van der Waals surface area contributed by atoms with Gasteiger partial charge in [0.2, 0.25) is 0 Å². The first-order valence-electron chi connectivity index (χ1n) is 4.03. The maximum atomic E-state index is 10.1. The summed E-state index contributed by atoms with van der Waals surface area (Å²) in [5.74, 6) is -1.16. The van der Waals surface area contributed by atoms with E-state index in [9.17, 15) is 9.59 Å². The van der Waals surface area contributed by atoms with Gasteiger partial charge >= 0.3 is 11.9 Å². The van der Waals surface area contributed by atoms with E-state index < -0.39 is 5.97 Å². The predicted molar refractivity (Wildman–Crippen MR) is 49.4 cm³/mol. The van der Waals surface area contributed by atoms with E-state index in [1.807, 2.05) is 0 Å². The van der Waals surface area contributed by atoms with Gasteiger partial charge in [-0.3, -0.25) is 4.79 Å². The van der Waals surface area contributed by atoms with Crippen molar-refractivity contribution in [1.29, 1.82) is 0 Å². The lowest BCUT2D eigenvalue weighted by Gasteiger charge is -1.96. The highest BCUT2D eigenvalue weighted by atomic mass is 16.5. The number of esters is 1. The molecule has 0 aromatic rings. The summed E-state index contributed by atoms with van der Waals surface area (Å²) in [5.41, 5.74) is 0. The summed E-state index contributed by atoms with van der Waals surface area (Å²) in [6.07, 6.45) is 2.88. The molecule has 0 aromatic heterocycles. The molecule has 0 spiro atoms. The Balaban J connectivity index is 0. The second-order valence-corrected chi connectivity index (χ2v) is 2.24. The van der Waals surface area contributed by atoms with Crippen LogP contribution in [0.25, 0.3) is 0 Å². The van der Waals surface area contributed by atoms with Gasteiger partial charge in [0.15, 0.2) is 0 Å². The number of hydrogen-bond donors (Lipinski definition) is 1. The lowest BCUT2D eigenvalue weighted by Crippen LogP contribution is -1.99. The van der Waals surface area contributed by atoms with Crippen molar-refractivity contribution in [3.63, 3.8) is 0 Å². The fraction of sp³-hybridized carbons (Fsp3) is 0.556. The molecular formula is C9H16O4. The SMILES string of the molecule is C=CC(=O)O.CCCCOC(C)=O. The topological polar surface area (TPSA) is 63.6 Å². The first kappa shape index (κ1) is 14.2. The fourth-order valence-corrected chi connectivity index (χ4v) is 0.360. The molecule has 0 fully saturated rings. The molecule has 13 heavy (non-hydrogen) atoms. The number of ether oxygens (including phenoxy) is 1. The van der Waals surface area contributed by atoms with Gasteiger partial charge < -0.3 is 9.84 Å². The number of carbonyl (C=O) groups excluding carboxylic acids is 1. The largest absolute Gasteiger partial charge is 0.478 e. The Morgan fingerprint density at radius 3 is 2.23 bits per heavy atom. The highest BCUT2D eigenvalue weighted by molar-refractivity contribution is 5.78. The standard InChI is InChI=1S/C6H12O2.C3H4O2/c1-3-4-5-8-6(2)7;1-2-3(4)5/h3-5H2,1-2H3;2H,1H2,(H,4,5). The van der Waals surface area contributed by atoms with Crippen LogP contribution in [0.4, 0.5) is 0 Å². The van der Waals surface area contributed by atoms with Crippen LogP contribution >= 0.6 is 0 Å². The lowest BCUT2D eigenvalue weighted by molar-refractivity contribution is -0.141. The zero-order valence-electron chi connectivity index (χ0n) is 8.08. The van der Waals surface area contributed by atoms with E-state index >= 15 is 0 Å². The van der Waals surface area contributed by atoms with Gasteiger partial charge in [0.1, 0.15) is 0 Å². The van der Waals surface area contributed by atoms with Gasteiger partial charge in [-0.15, -0.1) is 0 Å². The molecule has 0 saturated heterocycles. The third-order valence-corrected chi connectivity index (χ3v) is 0.978. The van der Waals surface area contributed by atoms with E-state index in [1.165, 1.54) is 6.92 Å². The first-order chi connectivity index (χ1) is 6.04. The van der Waals surface area contributed by atoms with Crippen molar-refractivity contribution >= 4 is 11.9 Å². The van der Waals surface area contributed by atoms with Crippen LogP contribution in [0.15, 0.2) is 12.7 Å². The fourth-order valence-electron chi connectivity index (χ4n) is 0.360. The Labute approximate surface area is 78.2 Å². The van der Waals surface area contributed by atoms with Crippen LogP contribution < -0.4 is 0 Å². The van der Waals surface area contributed by atoms with Crippen molar-refractivity contribution in [2.75, 3.05) is 6.61 Å². The predicted octanol–water partition coefficient (Wildman–Crippen LogP) is 1.61. The summed E-state index contributed by atoms with van der Waals surface area (Å²) in [5, 5.41) is 7.60. The summed E-state index contributed by atoms with van der Waals surface area (Å²) < 4.78 is 4.64. The quantitative estimate of drug-likeness (QED) is 0.413. The summed E-state index contributed by atoms with van der Waals surface area (Å²) in [6.45, 7) is 7.02. The number of hydrogen-bond acceptors (Lipinski definition) is 3. The van der Waals surface area contributed by atoms with Gasteiger partial charge in [-0.25, -0.2) is 4.79 Å². The monoisotopic (exact) mass is 188 g/mol. The van der Waals surface area contributed by atoms with Gasteiger partial charge in [-0.2, -0.15) is 0 Å². The second kappa shape index (κ2) is 10.7. The molecule has 4 nitrogen and oxygen atoms in total. The van der Waals surface area contributed by atoms with Crippen molar-refractivity contribution < 1.29 is 19.4 Å². The van der Waals surface area contributed by atoms with E-state index in [2.05, 4.69) is 18.2 Å². The Hall–Kier alpha value is -1.32. The summed E-state index contributed by atoms with van der Waals surface area (Å²) in [7, 11) is 0. The third kappa shape index (κ3) is 24.9. The van der Waals surface area contributed by atoms with E-state index in [0.29, 0.717) is 6.61 Å². The molecule has 0 unspecified atom stereocenters. The van der Waals surface area contributed by atoms with Crippen LogP contribution in [-0.4, -0.2) is 23.7 Å². The van der Waals surface area contributed by atoms with Crippen molar-refractivity contribution in [2.45, 2.75) is 26.7 Å². The average molecular weight is 188 g/mol. The minimum atomic E-state index is -0.981. The Morgan fingerprint density at radius 1 is 1.54 bits per heavy atom. The average Bonchev–Trinajstić information content (AvgIpc) is 2.05. The summed E-state index contributed by atoms with van der Waals surface area (Å²) >= 11 is 0. The first-order valence-corrected chi connectivity index (χ1v) is 4.03. The van der Waals surface area contributed by atoms with Crippen LogP contribution in [0.5, 0.6) is 0 Å². The Bertz CT molecular complexity index is 163. The smallest absolute Gasteiger partial charge is 0.327 e. The van der Waals surface area contributed by atoms with Gasteiger partial charge in [0, 0.05) is 13.0 Å². The third-order valence-electron chi connectivity index (χ3n) is 0.978. The summed E-state index contributed by atoms with van der Waals surface area (Å²) in [6, 6.07) is 0. The van der Waals surface area contributed by atoms with E-state index in [4.69, 9.17) is 5.11 Å². The molecule has 0 heterocycles. The normalized spacial score (nSPS) is 7.85.